The van der Waals surface area contributed by atoms with E-state index in [0.29, 0.717) is 4.31 Å². The monoisotopic (exact) mass is 374 g/mol. The molecule has 25 heavy (non-hydrogen) atoms. The van der Waals surface area contributed by atoms with E-state index in [2.05, 4.69) is 6.58 Å². The van der Waals surface area contributed by atoms with E-state index in [1.165, 1.54) is 31.2 Å². The van der Waals surface area contributed by atoms with E-state index in [1.54, 1.807) is 0 Å². The van der Waals surface area contributed by atoms with Crippen molar-refractivity contribution in [2.75, 3.05) is 6.54 Å². The molecule has 1 rings (SSSR count). The molecular formula is C16H20F2N2O4S. The largest absolute Gasteiger partial charge is 0.368 e. The van der Waals surface area contributed by atoms with E-state index >= 15 is 0 Å². The molecule has 9 heteroatoms. The molecule has 1 atom stereocenters. The predicted molar refractivity (Wildman–Crippen MR) is 89.2 cm³/mol. The Kier molecular flexibility index (Phi) is 7.38. The number of sulfonamides is 1. The number of primary amides is 1. The van der Waals surface area contributed by atoms with Gasteiger partial charge in [0.15, 0.2) is 11.8 Å². The van der Waals surface area contributed by atoms with Gasteiger partial charge >= 0.3 is 0 Å². The summed E-state index contributed by atoms with van der Waals surface area (Å²) in [6, 6.07) is 3.26. The average molecular weight is 374 g/mol. The van der Waals surface area contributed by atoms with E-state index in [1.807, 2.05) is 0 Å². The zero-order chi connectivity index (χ0) is 19.2. The number of halogens is 2. The van der Waals surface area contributed by atoms with Gasteiger partial charge in [-0.1, -0.05) is 31.2 Å². The van der Waals surface area contributed by atoms with Crippen molar-refractivity contribution >= 4 is 21.7 Å². The van der Waals surface area contributed by atoms with Gasteiger partial charge in [-0.25, -0.2) is 17.2 Å². The number of nitrogens with two attached hydrogens (primary N) is 1. The molecule has 0 spiro atoms. The molecule has 2 N–H and O–H groups in total. The lowest BCUT2D eigenvalue weighted by Gasteiger charge is -2.26. The number of benzene rings is 1. The third-order valence-electron chi connectivity index (χ3n) is 3.43. The lowest BCUT2D eigenvalue weighted by Crippen LogP contribution is -2.52. The molecule has 0 bridgehead atoms. The standard InChI is InChI=1S/C16H20F2N2O4S/c1-3-8-20(14(16(19)22)13(21)4-2)25(23,24)10-11-6-5-7-12(9-11)15(17)18/h3,5-7,9,14-15H,1,4,8,10H2,2H3,(H2,19,22). The van der Waals surface area contributed by atoms with Gasteiger partial charge in [0.25, 0.3) is 6.43 Å². The van der Waals surface area contributed by atoms with Crippen molar-refractivity contribution in [3.8, 4) is 0 Å². The van der Waals surface area contributed by atoms with Crippen molar-refractivity contribution < 1.29 is 26.8 Å². The molecule has 0 saturated heterocycles. The lowest BCUT2D eigenvalue weighted by atomic mass is 10.1. The molecule has 1 unspecified atom stereocenters. The van der Waals surface area contributed by atoms with Crippen LogP contribution in [-0.2, 0) is 25.4 Å². The van der Waals surface area contributed by atoms with Crippen molar-refractivity contribution in [3.63, 3.8) is 0 Å². The highest BCUT2D eigenvalue weighted by atomic mass is 32.2. The van der Waals surface area contributed by atoms with Crippen LogP contribution in [-0.4, -0.2) is 37.0 Å². The van der Waals surface area contributed by atoms with Gasteiger partial charge in [0.1, 0.15) is 0 Å². The highest BCUT2D eigenvalue weighted by molar-refractivity contribution is 7.88. The lowest BCUT2D eigenvalue weighted by molar-refractivity contribution is -0.131. The van der Waals surface area contributed by atoms with Gasteiger partial charge in [0, 0.05) is 18.5 Å². The molecule has 0 aliphatic carbocycles. The third-order valence-corrected chi connectivity index (χ3v) is 5.20. The molecule has 1 aromatic carbocycles. The maximum absolute atomic E-state index is 12.8. The highest BCUT2D eigenvalue weighted by Gasteiger charge is 2.37. The van der Waals surface area contributed by atoms with Crippen LogP contribution in [0.1, 0.15) is 30.9 Å². The van der Waals surface area contributed by atoms with Gasteiger partial charge in [-0.3, -0.25) is 9.59 Å². The Balaban J connectivity index is 3.24. The van der Waals surface area contributed by atoms with Gasteiger partial charge in [0.2, 0.25) is 15.9 Å². The van der Waals surface area contributed by atoms with Crippen LogP contribution in [0.5, 0.6) is 0 Å². The fourth-order valence-electron chi connectivity index (χ4n) is 2.27. The minimum atomic E-state index is -4.18. The Morgan fingerprint density at radius 1 is 1.36 bits per heavy atom. The molecule has 0 aliphatic heterocycles. The minimum Gasteiger partial charge on any atom is -0.368 e. The fourth-order valence-corrected chi connectivity index (χ4v) is 3.92. The van der Waals surface area contributed by atoms with Gasteiger partial charge in [-0.15, -0.1) is 6.58 Å². The smallest absolute Gasteiger partial charge is 0.263 e. The van der Waals surface area contributed by atoms with Crippen molar-refractivity contribution in [3.05, 3.63) is 48.0 Å². The Morgan fingerprint density at radius 3 is 2.48 bits per heavy atom. The first kappa shape index (κ1) is 20.9. The van der Waals surface area contributed by atoms with Crippen molar-refractivity contribution in [2.45, 2.75) is 31.6 Å². The van der Waals surface area contributed by atoms with E-state index < -0.39 is 39.9 Å². The van der Waals surface area contributed by atoms with Crippen LogP contribution in [0.3, 0.4) is 0 Å². The molecule has 0 heterocycles. The normalized spacial score (nSPS) is 13.0. The maximum Gasteiger partial charge on any atom is 0.263 e. The number of hydrogen-bond donors (Lipinski definition) is 1. The van der Waals surface area contributed by atoms with Crippen LogP contribution in [0.2, 0.25) is 0 Å². The van der Waals surface area contributed by atoms with E-state index in [9.17, 15) is 26.8 Å². The van der Waals surface area contributed by atoms with Crippen LogP contribution in [0.25, 0.3) is 0 Å². The minimum absolute atomic E-state index is 0.0857. The summed E-state index contributed by atoms with van der Waals surface area (Å²) in [5.74, 6) is -2.40. The molecule has 0 radical (unpaired) electrons. The van der Waals surface area contributed by atoms with Crippen molar-refractivity contribution in [1.29, 1.82) is 0 Å². The Labute approximate surface area is 145 Å². The number of nitrogens with zero attached hydrogens (tertiary/aromatic N) is 1. The van der Waals surface area contributed by atoms with Gasteiger partial charge in [0.05, 0.1) is 5.75 Å². The first-order chi connectivity index (χ1) is 11.6. The molecule has 0 aliphatic rings. The molecule has 1 amide bonds. The predicted octanol–water partition coefficient (Wildman–Crippen LogP) is 1.78. The van der Waals surface area contributed by atoms with Crippen LogP contribution in [0.15, 0.2) is 36.9 Å². The molecule has 138 valence electrons. The molecule has 0 saturated carbocycles. The quantitative estimate of drug-likeness (QED) is 0.498. The SMILES string of the molecule is C=CCN(C(C(N)=O)C(=O)CC)S(=O)(=O)Cc1cccc(C(F)F)c1. The van der Waals surface area contributed by atoms with Gasteiger partial charge in [-0.05, 0) is 11.6 Å². The number of Topliss-reactive ketones (excluding diaryl/α,β-unsaturated/α-hetero) is 1. The van der Waals surface area contributed by atoms with Crippen LogP contribution >= 0.6 is 0 Å². The summed E-state index contributed by atoms with van der Waals surface area (Å²) in [6.45, 7) is 4.58. The van der Waals surface area contributed by atoms with E-state index in [-0.39, 0.29) is 24.1 Å². The van der Waals surface area contributed by atoms with Crippen LogP contribution in [0.4, 0.5) is 8.78 Å². The first-order valence-electron chi connectivity index (χ1n) is 7.43. The van der Waals surface area contributed by atoms with Crippen LogP contribution in [0, 0.1) is 0 Å². The Morgan fingerprint density at radius 2 is 2.00 bits per heavy atom. The van der Waals surface area contributed by atoms with Crippen LogP contribution < -0.4 is 5.73 Å². The summed E-state index contributed by atoms with van der Waals surface area (Å²) in [7, 11) is -4.18. The molecule has 0 fully saturated rings. The second-order valence-electron chi connectivity index (χ2n) is 5.29. The number of rotatable bonds is 10. The summed E-state index contributed by atoms with van der Waals surface area (Å²) < 4.78 is 51.5. The summed E-state index contributed by atoms with van der Waals surface area (Å²) in [5, 5.41) is 0. The fraction of sp³-hybridized carbons (Fsp3) is 0.375. The van der Waals surface area contributed by atoms with Crippen molar-refractivity contribution in [2.24, 2.45) is 5.73 Å². The maximum atomic E-state index is 12.8. The first-order valence-corrected chi connectivity index (χ1v) is 9.04. The van der Waals surface area contributed by atoms with Crippen molar-refractivity contribution in [1.82, 2.24) is 4.31 Å². The topological polar surface area (TPSA) is 97.5 Å². The summed E-state index contributed by atoms with van der Waals surface area (Å²) >= 11 is 0. The number of carbonyl (C=O) groups excluding carboxylic acids is 2. The average Bonchev–Trinajstić information content (AvgIpc) is 2.53. The van der Waals surface area contributed by atoms with Gasteiger partial charge < -0.3 is 5.73 Å². The number of amides is 1. The summed E-state index contributed by atoms with van der Waals surface area (Å²) in [6.07, 6.45) is -1.61. The summed E-state index contributed by atoms with van der Waals surface area (Å²) in [5.41, 5.74) is 4.99. The second-order valence-corrected chi connectivity index (χ2v) is 7.21. The number of carbonyl (C=O) groups is 2. The molecule has 6 nitrogen and oxygen atoms in total. The molecule has 0 aromatic heterocycles. The van der Waals surface area contributed by atoms with E-state index in [0.717, 1.165) is 6.07 Å². The molecule has 1 aromatic rings. The molecular weight excluding hydrogens is 354 g/mol. The highest BCUT2D eigenvalue weighted by Crippen LogP contribution is 2.22. The number of alkyl halides is 2. The Bertz CT molecular complexity index is 750. The van der Waals surface area contributed by atoms with Gasteiger partial charge in [-0.2, -0.15) is 4.31 Å². The third kappa shape index (κ3) is 5.43. The second kappa shape index (κ2) is 8.82. The number of hydrogen-bond acceptors (Lipinski definition) is 4. The number of ketones is 1. The Hall–Kier alpha value is -2.13. The van der Waals surface area contributed by atoms with E-state index in [4.69, 9.17) is 5.73 Å². The zero-order valence-electron chi connectivity index (χ0n) is 13.7. The summed E-state index contributed by atoms with van der Waals surface area (Å²) in [4.78, 5) is 23.6. The zero-order valence-corrected chi connectivity index (χ0v) is 14.5.